The maximum Gasteiger partial charge on any atom is 0.293 e. The zero-order valence-corrected chi connectivity index (χ0v) is 16.1. The molecule has 1 aliphatic rings. The van der Waals surface area contributed by atoms with Gasteiger partial charge >= 0.3 is 0 Å². The number of nitrogens with zero attached hydrogens (tertiary/aromatic N) is 3. The Labute approximate surface area is 161 Å². The fourth-order valence-electron chi connectivity index (χ4n) is 2.87. The number of hydrogen-bond acceptors (Lipinski definition) is 7. The van der Waals surface area contributed by atoms with Crippen LogP contribution in [0, 0.1) is 10.1 Å². The standard InChI is InChI=1S/C18H22N4O4S/c1-3-14-11-19-17(27-14)12(2)20-15-5-4-13(10-16(15)22(24)25)18(23)21-6-8-26-9-7-21/h4-5,10-12,20H,3,6-9H2,1-2H3. The smallest absolute Gasteiger partial charge is 0.293 e. The number of aromatic nitrogens is 1. The van der Waals surface area contributed by atoms with Crippen LogP contribution in [0.25, 0.3) is 0 Å². The van der Waals surface area contributed by atoms with Gasteiger partial charge in [-0.05, 0) is 25.5 Å². The summed E-state index contributed by atoms with van der Waals surface area (Å²) in [6, 6.07) is 4.39. The molecule has 2 heterocycles. The molecule has 0 bridgehead atoms. The average molecular weight is 390 g/mol. The number of morpholine rings is 1. The Balaban J connectivity index is 1.81. The first-order chi connectivity index (χ1) is 13.0. The van der Waals surface area contributed by atoms with Crippen LogP contribution in [0.3, 0.4) is 0 Å². The maximum absolute atomic E-state index is 12.6. The first kappa shape index (κ1) is 19.2. The summed E-state index contributed by atoms with van der Waals surface area (Å²) < 4.78 is 5.25. The Morgan fingerprint density at radius 1 is 1.44 bits per heavy atom. The monoisotopic (exact) mass is 390 g/mol. The van der Waals surface area contributed by atoms with Crippen molar-refractivity contribution in [2.75, 3.05) is 31.6 Å². The number of ether oxygens (including phenoxy) is 1. The van der Waals surface area contributed by atoms with E-state index in [0.29, 0.717) is 37.6 Å². The van der Waals surface area contributed by atoms with E-state index in [4.69, 9.17) is 4.74 Å². The minimum absolute atomic E-state index is 0.117. The van der Waals surface area contributed by atoms with Crippen LogP contribution in [0.5, 0.6) is 0 Å². The van der Waals surface area contributed by atoms with Crippen molar-refractivity contribution in [1.82, 2.24) is 9.88 Å². The molecule has 1 saturated heterocycles. The normalized spacial score (nSPS) is 15.4. The summed E-state index contributed by atoms with van der Waals surface area (Å²) in [5, 5.41) is 15.6. The van der Waals surface area contributed by atoms with Gasteiger partial charge in [-0.3, -0.25) is 14.9 Å². The number of rotatable bonds is 6. The van der Waals surface area contributed by atoms with E-state index >= 15 is 0 Å². The van der Waals surface area contributed by atoms with Crippen molar-refractivity contribution in [3.05, 3.63) is 50.0 Å². The lowest BCUT2D eigenvalue weighted by Crippen LogP contribution is -2.40. The Morgan fingerprint density at radius 3 is 2.81 bits per heavy atom. The summed E-state index contributed by atoms with van der Waals surface area (Å²) in [7, 11) is 0. The van der Waals surface area contributed by atoms with Gasteiger partial charge in [0.2, 0.25) is 0 Å². The van der Waals surface area contributed by atoms with Gasteiger partial charge < -0.3 is 15.0 Å². The van der Waals surface area contributed by atoms with Gasteiger partial charge in [0.15, 0.2) is 0 Å². The average Bonchev–Trinajstić information content (AvgIpc) is 3.17. The van der Waals surface area contributed by atoms with Crippen LogP contribution in [-0.4, -0.2) is 47.0 Å². The van der Waals surface area contributed by atoms with E-state index in [9.17, 15) is 14.9 Å². The number of hydrogen-bond donors (Lipinski definition) is 1. The van der Waals surface area contributed by atoms with Crippen molar-refractivity contribution in [2.24, 2.45) is 0 Å². The molecule has 0 saturated carbocycles. The molecule has 2 aromatic rings. The summed E-state index contributed by atoms with van der Waals surface area (Å²) in [5.74, 6) is -0.214. The fraction of sp³-hybridized carbons (Fsp3) is 0.444. The van der Waals surface area contributed by atoms with Gasteiger partial charge in [-0.2, -0.15) is 0 Å². The van der Waals surface area contributed by atoms with E-state index in [1.165, 1.54) is 10.9 Å². The highest BCUT2D eigenvalue weighted by Gasteiger charge is 2.23. The number of anilines is 1. The Kier molecular flexibility index (Phi) is 6.02. The number of benzene rings is 1. The van der Waals surface area contributed by atoms with Crippen molar-refractivity contribution >= 4 is 28.6 Å². The third-order valence-electron chi connectivity index (χ3n) is 4.40. The Morgan fingerprint density at radius 2 is 2.19 bits per heavy atom. The lowest BCUT2D eigenvalue weighted by molar-refractivity contribution is -0.384. The van der Waals surface area contributed by atoms with Crippen LogP contribution in [0.2, 0.25) is 0 Å². The molecule has 9 heteroatoms. The number of amides is 1. The van der Waals surface area contributed by atoms with E-state index in [0.717, 1.165) is 11.4 Å². The van der Waals surface area contributed by atoms with Crippen LogP contribution in [-0.2, 0) is 11.2 Å². The van der Waals surface area contributed by atoms with Gasteiger partial charge in [-0.25, -0.2) is 4.98 Å². The molecule has 1 aromatic carbocycles. The Hall–Kier alpha value is -2.52. The van der Waals surface area contributed by atoms with Crippen LogP contribution in [0.1, 0.15) is 40.1 Å². The molecule has 1 atom stereocenters. The van der Waals surface area contributed by atoms with Crippen LogP contribution >= 0.6 is 11.3 Å². The first-order valence-corrected chi connectivity index (χ1v) is 9.67. The van der Waals surface area contributed by atoms with Crippen molar-refractivity contribution in [3.63, 3.8) is 0 Å². The number of aryl methyl sites for hydroxylation is 1. The van der Waals surface area contributed by atoms with Crippen LogP contribution in [0.4, 0.5) is 11.4 Å². The molecule has 1 amide bonds. The van der Waals surface area contributed by atoms with Gasteiger partial charge in [-0.15, -0.1) is 11.3 Å². The molecule has 144 valence electrons. The zero-order chi connectivity index (χ0) is 19.4. The highest BCUT2D eigenvalue weighted by atomic mass is 32.1. The molecule has 8 nitrogen and oxygen atoms in total. The maximum atomic E-state index is 12.6. The van der Waals surface area contributed by atoms with E-state index in [-0.39, 0.29) is 17.6 Å². The SMILES string of the molecule is CCc1cnc(C(C)Nc2ccc(C(=O)N3CCOCC3)cc2[N+](=O)[O-])s1. The van der Waals surface area contributed by atoms with Crippen LogP contribution in [0.15, 0.2) is 24.4 Å². The molecule has 3 rings (SSSR count). The number of nitro groups is 1. The van der Waals surface area contributed by atoms with E-state index < -0.39 is 4.92 Å². The third kappa shape index (κ3) is 4.42. The quantitative estimate of drug-likeness (QED) is 0.601. The minimum atomic E-state index is -0.468. The van der Waals surface area contributed by atoms with Gasteiger partial charge in [0, 0.05) is 35.8 Å². The molecule has 1 aliphatic heterocycles. The predicted molar refractivity (Wildman–Crippen MR) is 103 cm³/mol. The molecule has 0 aliphatic carbocycles. The predicted octanol–water partition coefficient (Wildman–Crippen LogP) is 3.26. The molecule has 27 heavy (non-hydrogen) atoms. The van der Waals surface area contributed by atoms with Crippen LogP contribution < -0.4 is 5.32 Å². The number of nitrogens with one attached hydrogen (secondary N) is 1. The zero-order valence-electron chi connectivity index (χ0n) is 15.3. The summed E-state index contributed by atoms with van der Waals surface area (Å²) in [6.07, 6.45) is 2.74. The number of nitro benzene ring substituents is 1. The second-order valence-electron chi connectivity index (χ2n) is 6.28. The second kappa shape index (κ2) is 8.45. The molecule has 1 aromatic heterocycles. The fourth-order valence-corrected chi connectivity index (χ4v) is 3.73. The molecular weight excluding hydrogens is 368 g/mol. The summed E-state index contributed by atoms with van der Waals surface area (Å²) >= 11 is 1.59. The van der Waals surface area contributed by atoms with Gasteiger partial charge in [0.05, 0.1) is 24.2 Å². The highest BCUT2D eigenvalue weighted by molar-refractivity contribution is 7.11. The molecule has 1 unspecified atom stereocenters. The van der Waals surface area contributed by atoms with Gasteiger partial charge in [0.1, 0.15) is 10.7 Å². The van der Waals surface area contributed by atoms with Gasteiger partial charge in [0.25, 0.3) is 11.6 Å². The molecule has 1 N–H and O–H groups in total. The largest absolute Gasteiger partial charge is 0.378 e. The number of carbonyl (C=O) groups is 1. The summed E-state index contributed by atoms with van der Waals surface area (Å²) in [5.41, 5.74) is 0.567. The third-order valence-corrected chi connectivity index (χ3v) is 5.73. The van der Waals surface area contributed by atoms with Crippen molar-refractivity contribution in [2.45, 2.75) is 26.3 Å². The lowest BCUT2D eigenvalue weighted by Gasteiger charge is -2.26. The van der Waals surface area contributed by atoms with Crippen molar-refractivity contribution < 1.29 is 14.5 Å². The molecule has 1 fully saturated rings. The first-order valence-electron chi connectivity index (χ1n) is 8.86. The van der Waals surface area contributed by atoms with E-state index in [1.54, 1.807) is 28.4 Å². The molecule has 0 radical (unpaired) electrons. The molecular formula is C18H22N4O4S. The second-order valence-corrected chi connectivity index (χ2v) is 7.42. The number of carbonyl (C=O) groups excluding carboxylic acids is 1. The topological polar surface area (TPSA) is 97.6 Å². The summed E-state index contributed by atoms with van der Waals surface area (Å²) in [4.78, 5) is 30.9. The summed E-state index contributed by atoms with van der Waals surface area (Å²) in [6.45, 7) is 5.93. The highest BCUT2D eigenvalue weighted by Crippen LogP contribution is 2.31. The Bertz CT molecular complexity index is 833. The minimum Gasteiger partial charge on any atom is -0.378 e. The number of thiazole rings is 1. The lowest BCUT2D eigenvalue weighted by atomic mass is 10.1. The molecule has 0 spiro atoms. The van der Waals surface area contributed by atoms with E-state index in [2.05, 4.69) is 17.2 Å². The van der Waals surface area contributed by atoms with Crippen molar-refractivity contribution in [3.8, 4) is 0 Å². The van der Waals surface area contributed by atoms with E-state index in [1.807, 2.05) is 13.1 Å². The van der Waals surface area contributed by atoms with Crippen molar-refractivity contribution in [1.29, 1.82) is 0 Å². The van der Waals surface area contributed by atoms with Gasteiger partial charge in [-0.1, -0.05) is 6.92 Å².